The Kier molecular flexibility index (Phi) is 6.81. The average molecular weight is 653 g/mol. The molecule has 0 aliphatic carbocycles. The summed E-state index contributed by atoms with van der Waals surface area (Å²) in [5.74, 6) is 0. The number of para-hydroxylation sites is 5. The van der Waals surface area contributed by atoms with Gasteiger partial charge in [-0.15, -0.1) is 0 Å². The molecule has 10 rings (SSSR count). The van der Waals surface area contributed by atoms with E-state index in [2.05, 4.69) is 191 Å². The normalized spacial score (nSPS) is 11.5. The molecule has 0 spiro atoms. The third-order valence-electron chi connectivity index (χ3n) is 10.00. The van der Waals surface area contributed by atoms with Crippen molar-refractivity contribution < 1.29 is 4.42 Å². The molecule has 0 unspecified atom stereocenters. The molecule has 0 saturated heterocycles. The van der Waals surface area contributed by atoms with Gasteiger partial charge in [-0.3, -0.25) is 0 Å². The average Bonchev–Trinajstić information content (AvgIpc) is 3.76. The molecule has 0 N–H and O–H groups in total. The highest BCUT2D eigenvalue weighted by molar-refractivity contribution is 6.15. The molecule has 10 aromatic rings. The van der Waals surface area contributed by atoms with E-state index in [1.165, 1.54) is 32.9 Å². The maximum atomic E-state index is 6.39. The van der Waals surface area contributed by atoms with Crippen LogP contribution in [0.4, 0.5) is 17.1 Å². The number of aromatic nitrogens is 1. The van der Waals surface area contributed by atoms with Gasteiger partial charge in [0.25, 0.3) is 0 Å². The van der Waals surface area contributed by atoms with Gasteiger partial charge in [-0.1, -0.05) is 140 Å². The highest BCUT2D eigenvalue weighted by atomic mass is 16.3. The van der Waals surface area contributed by atoms with Gasteiger partial charge in [-0.25, -0.2) is 0 Å². The number of hydrogen-bond donors (Lipinski definition) is 0. The third-order valence-corrected chi connectivity index (χ3v) is 10.00. The fraction of sp³-hybridized carbons (Fsp3) is 0. The number of fused-ring (bicyclic) bond motifs is 6. The molecule has 0 bridgehead atoms. The summed E-state index contributed by atoms with van der Waals surface area (Å²) < 4.78 is 8.80. The van der Waals surface area contributed by atoms with Crippen LogP contribution in [0.3, 0.4) is 0 Å². The lowest BCUT2D eigenvalue weighted by atomic mass is 9.99. The molecule has 3 heteroatoms. The molecule has 0 fully saturated rings. The topological polar surface area (TPSA) is 21.3 Å². The minimum absolute atomic E-state index is 0.868. The largest absolute Gasteiger partial charge is 0.456 e. The molecule has 0 atom stereocenters. The van der Waals surface area contributed by atoms with Crippen molar-refractivity contribution in [3.63, 3.8) is 0 Å². The number of hydrogen-bond acceptors (Lipinski definition) is 2. The van der Waals surface area contributed by atoms with E-state index >= 15 is 0 Å². The Morgan fingerprint density at radius 2 is 0.980 bits per heavy atom. The predicted molar refractivity (Wildman–Crippen MR) is 214 cm³/mol. The molecule has 240 valence electrons. The summed E-state index contributed by atoms with van der Waals surface area (Å²) in [6.07, 6.45) is 0. The zero-order valence-corrected chi connectivity index (χ0v) is 27.8. The van der Waals surface area contributed by atoms with Crippen molar-refractivity contribution in [1.82, 2.24) is 4.57 Å². The summed E-state index contributed by atoms with van der Waals surface area (Å²) in [5.41, 5.74) is 13.2. The second kappa shape index (κ2) is 11.9. The molecule has 2 heterocycles. The minimum atomic E-state index is 0.868. The van der Waals surface area contributed by atoms with Crippen LogP contribution in [-0.2, 0) is 0 Å². The van der Waals surface area contributed by atoms with Crippen LogP contribution in [0, 0.1) is 0 Å². The zero-order valence-electron chi connectivity index (χ0n) is 27.8. The van der Waals surface area contributed by atoms with E-state index in [0.29, 0.717) is 0 Å². The van der Waals surface area contributed by atoms with Crippen LogP contribution in [0.1, 0.15) is 0 Å². The van der Waals surface area contributed by atoms with Crippen molar-refractivity contribution in [3.8, 4) is 27.9 Å². The van der Waals surface area contributed by atoms with E-state index in [9.17, 15) is 0 Å². The van der Waals surface area contributed by atoms with E-state index in [-0.39, 0.29) is 0 Å². The number of rotatable bonds is 6. The number of nitrogens with zero attached hydrogens (tertiary/aromatic N) is 2. The molecule has 0 aliphatic rings. The Morgan fingerprint density at radius 1 is 0.392 bits per heavy atom. The molecule has 3 nitrogen and oxygen atoms in total. The van der Waals surface area contributed by atoms with Gasteiger partial charge >= 0.3 is 0 Å². The van der Waals surface area contributed by atoms with Gasteiger partial charge in [-0.05, 0) is 65.7 Å². The van der Waals surface area contributed by atoms with Crippen LogP contribution in [0.2, 0.25) is 0 Å². The molecule has 0 saturated carbocycles. The summed E-state index contributed by atoms with van der Waals surface area (Å²) in [5, 5.41) is 4.69. The van der Waals surface area contributed by atoms with Crippen LogP contribution < -0.4 is 4.90 Å². The lowest BCUT2D eigenvalue weighted by Crippen LogP contribution is -2.11. The molecule has 0 amide bonds. The lowest BCUT2D eigenvalue weighted by molar-refractivity contribution is 0.669. The van der Waals surface area contributed by atoms with Crippen LogP contribution >= 0.6 is 0 Å². The fourth-order valence-corrected chi connectivity index (χ4v) is 7.77. The summed E-state index contributed by atoms with van der Waals surface area (Å²) in [7, 11) is 0. The van der Waals surface area contributed by atoms with Gasteiger partial charge in [-0.2, -0.15) is 0 Å². The fourth-order valence-electron chi connectivity index (χ4n) is 7.77. The van der Waals surface area contributed by atoms with Crippen molar-refractivity contribution in [2.24, 2.45) is 0 Å². The van der Waals surface area contributed by atoms with E-state index < -0.39 is 0 Å². The Bertz CT molecular complexity index is 2850. The lowest BCUT2D eigenvalue weighted by Gasteiger charge is -2.28. The maximum absolute atomic E-state index is 6.39. The Morgan fingerprint density at radius 3 is 1.82 bits per heavy atom. The van der Waals surface area contributed by atoms with Crippen LogP contribution in [0.5, 0.6) is 0 Å². The van der Waals surface area contributed by atoms with Gasteiger partial charge < -0.3 is 13.9 Å². The third kappa shape index (κ3) is 4.74. The first kappa shape index (κ1) is 29.1. The van der Waals surface area contributed by atoms with E-state index in [0.717, 1.165) is 55.8 Å². The van der Waals surface area contributed by atoms with Crippen molar-refractivity contribution in [2.75, 3.05) is 4.90 Å². The van der Waals surface area contributed by atoms with Crippen molar-refractivity contribution in [1.29, 1.82) is 0 Å². The Balaban J connectivity index is 1.20. The first-order valence-corrected chi connectivity index (χ1v) is 17.4. The molecule has 0 radical (unpaired) electrons. The summed E-state index contributed by atoms with van der Waals surface area (Å²) in [4.78, 5) is 2.39. The molecule has 51 heavy (non-hydrogen) atoms. The van der Waals surface area contributed by atoms with Gasteiger partial charge in [0.05, 0.1) is 27.8 Å². The van der Waals surface area contributed by atoms with Gasteiger partial charge in [0, 0.05) is 38.7 Å². The molecular weight excluding hydrogens is 621 g/mol. The summed E-state index contributed by atoms with van der Waals surface area (Å²) >= 11 is 0. The standard InChI is InChI=1S/C48H32N2O/c1-3-15-33(16-4-1)37-19-7-10-24-42(37)49(44-26-14-28-46-47(44)41-21-9-12-27-45(41)51-46)36-31-29-34(30-32-36)38-22-13-23-40-39-20-8-11-25-43(39)50(48(38)40)35-17-5-2-6-18-35/h1-32H. The Hall–Kier alpha value is -6.84. The Labute approximate surface area is 295 Å². The van der Waals surface area contributed by atoms with E-state index in [1.807, 2.05) is 12.1 Å². The number of anilines is 3. The zero-order chi connectivity index (χ0) is 33.7. The monoisotopic (exact) mass is 652 g/mol. The van der Waals surface area contributed by atoms with Crippen LogP contribution in [0.15, 0.2) is 199 Å². The van der Waals surface area contributed by atoms with Crippen molar-refractivity contribution in [3.05, 3.63) is 194 Å². The second-order valence-electron chi connectivity index (χ2n) is 12.9. The summed E-state index contributed by atoms with van der Waals surface area (Å²) in [6.45, 7) is 0. The molecule has 0 aliphatic heterocycles. The summed E-state index contributed by atoms with van der Waals surface area (Å²) in [6, 6.07) is 69.1. The van der Waals surface area contributed by atoms with Gasteiger partial charge in [0.15, 0.2) is 0 Å². The molecule has 8 aromatic carbocycles. The first-order chi connectivity index (χ1) is 25.3. The van der Waals surface area contributed by atoms with E-state index in [1.54, 1.807) is 0 Å². The van der Waals surface area contributed by atoms with Crippen LogP contribution in [0.25, 0.3) is 71.7 Å². The van der Waals surface area contributed by atoms with Gasteiger partial charge in [0.2, 0.25) is 0 Å². The van der Waals surface area contributed by atoms with Crippen molar-refractivity contribution >= 4 is 60.8 Å². The van der Waals surface area contributed by atoms with Crippen molar-refractivity contribution in [2.45, 2.75) is 0 Å². The number of furan rings is 1. The molecular formula is C48H32N2O. The molecule has 2 aromatic heterocycles. The van der Waals surface area contributed by atoms with E-state index in [4.69, 9.17) is 4.42 Å². The van der Waals surface area contributed by atoms with Gasteiger partial charge in [0.1, 0.15) is 11.2 Å². The predicted octanol–water partition coefficient (Wildman–Crippen LogP) is 13.5. The SMILES string of the molecule is c1ccc(-c2ccccc2N(c2ccc(-c3cccc4c5ccccc5n(-c5ccccc5)c34)cc2)c2cccc3oc4ccccc4c23)cc1. The highest BCUT2D eigenvalue weighted by Crippen LogP contribution is 2.46. The number of benzene rings is 8. The minimum Gasteiger partial charge on any atom is -0.456 e. The highest BCUT2D eigenvalue weighted by Gasteiger charge is 2.22. The van der Waals surface area contributed by atoms with Crippen LogP contribution in [-0.4, -0.2) is 4.57 Å². The first-order valence-electron chi connectivity index (χ1n) is 17.4. The quantitative estimate of drug-likeness (QED) is 0.178. The smallest absolute Gasteiger partial charge is 0.137 e. The second-order valence-corrected chi connectivity index (χ2v) is 12.9. The maximum Gasteiger partial charge on any atom is 0.137 e.